The standard InChI is InChI=1S/C12H23NO3/c1-16-10-6-5-9-13-12(11(14)15)7-3-2-4-8-12/h13H,2-10H2,1H3,(H,14,15). The molecule has 2 N–H and O–H groups in total. The van der Waals surface area contributed by atoms with Crippen LogP contribution in [0.4, 0.5) is 0 Å². The number of unbranched alkanes of at least 4 members (excludes halogenated alkanes) is 1. The van der Waals surface area contributed by atoms with Gasteiger partial charge in [-0.2, -0.15) is 0 Å². The van der Waals surface area contributed by atoms with Crippen molar-refractivity contribution in [3.63, 3.8) is 0 Å². The highest BCUT2D eigenvalue weighted by Gasteiger charge is 2.38. The molecule has 0 bridgehead atoms. The van der Waals surface area contributed by atoms with E-state index in [0.29, 0.717) is 0 Å². The molecule has 1 aliphatic rings. The number of rotatable bonds is 7. The normalized spacial score (nSPS) is 19.6. The predicted molar refractivity (Wildman–Crippen MR) is 62.6 cm³/mol. The summed E-state index contributed by atoms with van der Waals surface area (Å²) in [6, 6.07) is 0. The van der Waals surface area contributed by atoms with Crippen LogP contribution in [-0.2, 0) is 9.53 Å². The van der Waals surface area contributed by atoms with Crippen LogP contribution in [0.2, 0.25) is 0 Å². The Kier molecular flexibility index (Phi) is 5.77. The second-order valence-electron chi connectivity index (χ2n) is 4.57. The second-order valence-corrected chi connectivity index (χ2v) is 4.57. The summed E-state index contributed by atoms with van der Waals surface area (Å²) in [6.45, 7) is 1.53. The Balaban J connectivity index is 2.30. The van der Waals surface area contributed by atoms with Crippen molar-refractivity contribution < 1.29 is 14.6 Å². The van der Waals surface area contributed by atoms with Crippen molar-refractivity contribution in [1.29, 1.82) is 0 Å². The molecule has 0 aromatic carbocycles. The molecule has 0 amide bonds. The first kappa shape index (κ1) is 13.5. The van der Waals surface area contributed by atoms with E-state index in [2.05, 4.69) is 5.32 Å². The number of hydrogen-bond donors (Lipinski definition) is 2. The van der Waals surface area contributed by atoms with Gasteiger partial charge in [0.15, 0.2) is 0 Å². The van der Waals surface area contributed by atoms with Gasteiger partial charge in [-0.3, -0.25) is 4.79 Å². The Labute approximate surface area is 97.4 Å². The van der Waals surface area contributed by atoms with Crippen molar-refractivity contribution in [1.82, 2.24) is 5.32 Å². The van der Waals surface area contributed by atoms with E-state index in [-0.39, 0.29) is 0 Å². The van der Waals surface area contributed by atoms with E-state index in [1.54, 1.807) is 7.11 Å². The Morgan fingerprint density at radius 3 is 2.56 bits per heavy atom. The van der Waals surface area contributed by atoms with Crippen LogP contribution in [0.15, 0.2) is 0 Å². The maximum atomic E-state index is 11.3. The Bertz CT molecular complexity index is 212. The molecule has 0 aromatic rings. The summed E-state index contributed by atoms with van der Waals surface area (Å²) < 4.78 is 4.96. The maximum absolute atomic E-state index is 11.3. The highest BCUT2D eigenvalue weighted by molar-refractivity contribution is 5.78. The highest BCUT2D eigenvalue weighted by Crippen LogP contribution is 2.28. The molecule has 1 saturated carbocycles. The molecule has 4 nitrogen and oxygen atoms in total. The van der Waals surface area contributed by atoms with Crippen LogP contribution in [0, 0.1) is 0 Å². The third-order valence-electron chi connectivity index (χ3n) is 3.36. The number of nitrogens with one attached hydrogen (secondary N) is 1. The van der Waals surface area contributed by atoms with Gasteiger partial charge in [0.1, 0.15) is 5.54 Å². The molecular weight excluding hydrogens is 206 g/mol. The summed E-state index contributed by atoms with van der Waals surface area (Å²) in [5, 5.41) is 12.5. The van der Waals surface area contributed by atoms with Crippen LogP contribution in [0.5, 0.6) is 0 Å². The molecule has 1 aliphatic carbocycles. The number of hydrogen-bond acceptors (Lipinski definition) is 3. The minimum Gasteiger partial charge on any atom is -0.480 e. The smallest absolute Gasteiger partial charge is 0.323 e. The van der Waals surface area contributed by atoms with E-state index in [1.807, 2.05) is 0 Å². The number of carboxylic acids is 1. The van der Waals surface area contributed by atoms with Gasteiger partial charge in [-0.1, -0.05) is 19.3 Å². The molecule has 0 aromatic heterocycles. The fourth-order valence-electron chi connectivity index (χ4n) is 2.32. The van der Waals surface area contributed by atoms with Gasteiger partial charge in [0.25, 0.3) is 0 Å². The zero-order valence-electron chi connectivity index (χ0n) is 10.1. The minimum atomic E-state index is -0.682. The van der Waals surface area contributed by atoms with Crippen LogP contribution in [-0.4, -0.2) is 36.9 Å². The van der Waals surface area contributed by atoms with Crippen LogP contribution in [0.25, 0.3) is 0 Å². The highest BCUT2D eigenvalue weighted by atomic mass is 16.5. The molecule has 0 atom stereocenters. The molecule has 4 heteroatoms. The number of carbonyl (C=O) groups is 1. The molecule has 0 spiro atoms. The lowest BCUT2D eigenvalue weighted by atomic mass is 9.81. The van der Waals surface area contributed by atoms with Gasteiger partial charge in [-0.25, -0.2) is 0 Å². The van der Waals surface area contributed by atoms with Crippen molar-refractivity contribution in [2.24, 2.45) is 0 Å². The number of carboxylic acid groups (broad SMARTS) is 1. The van der Waals surface area contributed by atoms with Gasteiger partial charge in [0.2, 0.25) is 0 Å². The third kappa shape index (κ3) is 3.76. The first-order chi connectivity index (χ1) is 7.71. The maximum Gasteiger partial charge on any atom is 0.323 e. The average molecular weight is 229 g/mol. The monoisotopic (exact) mass is 229 g/mol. The molecule has 0 unspecified atom stereocenters. The Hall–Kier alpha value is -0.610. The average Bonchev–Trinajstić information content (AvgIpc) is 2.30. The predicted octanol–water partition coefficient (Wildman–Crippen LogP) is 1.79. The number of ether oxygens (including phenoxy) is 1. The Morgan fingerprint density at radius 2 is 2.00 bits per heavy atom. The third-order valence-corrected chi connectivity index (χ3v) is 3.36. The first-order valence-electron chi connectivity index (χ1n) is 6.19. The minimum absolute atomic E-state index is 0.647. The summed E-state index contributed by atoms with van der Waals surface area (Å²) in [6.07, 6.45) is 6.72. The van der Waals surface area contributed by atoms with Gasteiger partial charge in [-0.05, 0) is 32.2 Å². The summed E-state index contributed by atoms with van der Waals surface area (Å²) >= 11 is 0. The van der Waals surface area contributed by atoms with Crippen molar-refractivity contribution in [2.45, 2.75) is 50.5 Å². The van der Waals surface area contributed by atoms with Gasteiger partial charge in [-0.15, -0.1) is 0 Å². The molecule has 1 rings (SSSR count). The van der Waals surface area contributed by atoms with E-state index in [4.69, 9.17) is 4.74 Å². The van der Waals surface area contributed by atoms with E-state index >= 15 is 0 Å². The summed E-state index contributed by atoms with van der Waals surface area (Å²) in [4.78, 5) is 11.3. The van der Waals surface area contributed by atoms with Crippen LogP contribution in [0.3, 0.4) is 0 Å². The van der Waals surface area contributed by atoms with E-state index in [9.17, 15) is 9.90 Å². The zero-order valence-corrected chi connectivity index (χ0v) is 10.1. The van der Waals surface area contributed by atoms with Crippen LogP contribution >= 0.6 is 0 Å². The lowest BCUT2D eigenvalue weighted by Gasteiger charge is -2.34. The topological polar surface area (TPSA) is 58.6 Å². The molecule has 0 heterocycles. The molecule has 94 valence electrons. The largest absolute Gasteiger partial charge is 0.480 e. The fraction of sp³-hybridized carbons (Fsp3) is 0.917. The Morgan fingerprint density at radius 1 is 1.31 bits per heavy atom. The van der Waals surface area contributed by atoms with E-state index in [0.717, 1.165) is 51.7 Å². The van der Waals surface area contributed by atoms with Crippen molar-refractivity contribution in [2.75, 3.05) is 20.3 Å². The van der Waals surface area contributed by atoms with Gasteiger partial charge >= 0.3 is 5.97 Å². The van der Waals surface area contributed by atoms with E-state index < -0.39 is 11.5 Å². The van der Waals surface area contributed by atoms with Gasteiger partial charge in [0, 0.05) is 13.7 Å². The summed E-state index contributed by atoms with van der Waals surface area (Å²) in [5.74, 6) is -0.682. The first-order valence-corrected chi connectivity index (χ1v) is 6.19. The summed E-state index contributed by atoms with van der Waals surface area (Å²) in [7, 11) is 1.69. The molecule has 16 heavy (non-hydrogen) atoms. The SMILES string of the molecule is COCCCCNC1(C(=O)O)CCCCC1. The molecule has 0 radical (unpaired) electrons. The summed E-state index contributed by atoms with van der Waals surface area (Å²) in [5.41, 5.74) is -0.647. The van der Waals surface area contributed by atoms with Crippen LogP contribution < -0.4 is 5.32 Å². The lowest BCUT2D eigenvalue weighted by Crippen LogP contribution is -2.53. The van der Waals surface area contributed by atoms with Crippen molar-refractivity contribution in [3.8, 4) is 0 Å². The zero-order chi connectivity index (χ0) is 11.9. The molecule has 0 aliphatic heterocycles. The molecular formula is C12H23NO3. The number of methoxy groups -OCH3 is 1. The van der Waals surface area contributed by atoms with E-state index in [1.165, 1.54) is 6.42 Å². The molecule has 1 fully saturated rings. The second kappa shape index (κ2) is 6.86. The quantitative estimate of drug-likeness (QED) is 0.653. The molecule has 0 saturated heterocycles. The van der Waals surface area contributed by atoms with Gasteiger partial charge in [0.05, 0.1) is 0 Å². The fourth-order valence-corrected chi connectivity index (χ4v) is 2.32. The van der Waals surface area contributed by atoms with Gasteiger partial charge < -0.3 is 15.2 Å². The van der Waals surface area contributed by atoms with Crippen LogP contribution in [0.1, 0.15) is 44.9 Å². The lowest BCUT2D eigenvalue weighted by molar-refractivity contribution is -0.146. The number of aliphatic carboxylic acids is 1. The van der Waals surface area contributed by atoms with Crippen molar-refractivity contribution in [3.05, 3.63) is 0 Å². The van der Waals surface area contributed by atoms with Crippen molar-refractivity contribution >= 4 is 5.97 Å².